The molecule has 1 aliphatic rings. The molecule has 1 N–H and O–H groups in total. The van der Waals surface area contributed by atoms with Crippen LogP contribution in [0.15, 0.2) is 91.0 Å². The molecule has 4 unspecified atom stereocenters. The van der Waals surface area contributed by atoms with E-state index in [9.17, 15) is 5.11 Å². The Kier molecular flexibility index (Phi) is 7.22. The Morgan fingerprint density at radius 1 is 0.727 bits per heavy atom. The minimum Gasteiger partial charge on any atom is -0.387 e. The van der Waals surface area contributed by atoms with Crippen molar-refractivity contribution < 1.29 is 32.6 Å². The predicted molar refractivity (Wildman–Crippen MR) is 122 cm³/mol. The van der Waals surface area contributed by atoms with Crippen LogP contribution in [0.25, 0.3) is 0 Å². The van der Waals surface area contributed by atoms with E-state index < -0.39 is 50.5 Å². The van der Waals surface area contributed by atoms with Gasteiger partial charge in [-0.1, -0.05) is 91.0 Å². The van der Waals surface area contributed by atoms with E-state index in [-0.39, 0.29) is 6.61 Å². The van der Waals surface area contributed by atoms with Crippen LogP contribution >= 0.6 is 0 Å². The van der Waals surface area contributed by atoms with Crippen molar-refractivity contribution in [3.05, 3.63) is 108 Å². The van der Waals surface area contributed by atoms with Gasteiger partial charge >= 0.3 is 0 Å². The molecule has 1 heterocycles. The lowest BCUT2D eigenvalue weighted by atomic mass is 9.99. The lowest BCUT2D eigenvalue weighted by Crippen LogP contribution is -2.59. The normalized spacial score (nSPS) is 29.3. The summed E-state index contributed by atoms with van der Waals surface area (Å²) in [5, 5.41) is 11.1. The second kappa shape index (κ2) is 12.0. The number of rotatable bonds is 10. The number of hydrogen-bond acceptors (Lipinski definition) is 5. The van der Waals surface area contributed by atoms with Crippen LogP contribution in [0.2, 0.25) is 0 Å². The number of hydrogen-bond donors (Lipinski definition) is 1. The Morgan fingerprint density at radius 3 is 1.70 bits per heavy atom. The summed E-state index contributed by atoms with van der Waals surface area (Å²) >= 11 is 0. The van der Waals surface area contributed by atoms with E-state index in [1.165, 1.54) is 0 Å². The second-order valence-corrected chi connectivity index (χ2v) is 7.64. The molecule has 174 valence electrons. The summed E-state index contributed by atoms with van der Waals surface area (Å²) in [5.74, 6) is 0. The SMILES string of the molecule is [2H]C(OC[C@H]1OC(F)[C@H](OC([2H])c2ccccc2)[C@@H](O)[C@H]1OC([2H])c1ccccc1)c1ccccc1. The first-order chi connectivity index (χ1) is 17.4. The van der Waals surface area contributed by atoms with Crippen LogP contribution in [0.1, 0.15) is 20.8 Å². The zero-order valence-electron chi connectivity index (χ0n) is 20.9. The largest absolute Gasteiger partial charge is 0.387 e. The Hall–Kier alpha value is -2.61. The van der Waals surface area contributed by atoms with Gasteiger partial charge in [-0.3, -0.25) is 0 Å². The highest BCUT2D eigenvalue weighted by atomic mass is 19.1. The number of ether oxygens (including phenoxy) is 4. The standard InChI is InChI=1S/C27H29FO5/c28-27-26(32-18-22-14-8-3-9-15-22)24(29)25(31-17-21-12-6-2-7-13-21)23(33-27)19-30-16-20-10-4-1-5-11-20/h1-15,23-27,29H,16-19H2/t23-,24+,25+,26-,27?/m1/s1/i16D,17D,18D/t16?,17?,18?,23-,24+,25+,26-,27?. The Bertz CT molecular complexity index is 1050. The molecule has 4 rings (SSSR count). The monoisotopic (exact) mass is 455 g/mol. The maximum Gasteiger partial charge on any atom is 0.228 e. The Morgan fingerprint density at radius 2 is 1.18 bits per heavy atom. The molecule has 5 nitrogen and oxygen atoms in total. The fourth-order valence-corrected chi connectivity index (χ4v) is 3.48. The van der Waals surface area contributed by atoms with Gasteiger partial charge in [0.05, 0.1) is 30.5 Å². The topological polar surface area (TPSA) is 57.2 Å². The molecule has 0 saturated carbocycles. The zero-order valence-corrected chi connectivity index (χ0v) is 17.9. The summed E-state index contributed by atoms with van der Waals surface area (Å²) in [4.78, 5) is 0. The van der Waals surface area contributed by atoms with Crippen LogP contribution < -0.4 is 0 Å². The molecule has 33 heavy (non-hydrogen) atoms. The van der Waals surface area contributed by atoms with Crippen LogP contribution in [-0.2, 0) is 38.7 Å². The van der Waals surface area contributed by atoms with Crippen LogP contribution in [0, 0.1) is 0 Å². The van der Waals surface area contributed by atoms with Crippen molar-refractivity contribution in [1.29, 1.82) is 0 Å². The molecule has 0 aliphatic carbocycles. The van der Waals surface area contributed by atoms with E-state index in [1.807, 2.05) is 6.07 Å². The summed E-state index contributed by atoms with van der Waals surface area (Å²) in [6.45, 7) is -3.78. The van der Waals surface area contributed by atoms with Crippen molar-refractivity contribution >= 4 is 0 Å². The molecular weight excluding hydrogens is 423 g/mol. The first-order valence-corrected chi connectivity index (χ1v) is 10.8. The van der Waals surface area contributed by atoms with Crippen molar-refractivity contribution in [2.75, 3.05) is 6.61 Å². The number of aliphatic hydroxyl groups is 1. The fraction of sp³-hybridized carbons (Fsp3) is 0.333. The van der Waals surface area contributed by atoms with Crippen LogP contribution in [0.5, 0.6) is 0 Å². The van der Waals surface area contributed by atoms with Crippen molar-refractivity contribution in [3.63, 3.8) is 0 Å². The van der Waals surface area contributed by atoms with E-state index >= 15 is 4.39 Å². The number of aliphatic hydroxyl groups excluding tert-OH is 1. The molecule has 1 aliphatic heterocycles. The highest BCUT2D eigenvalue weighted by Crippen LogP contribution is 2.28. The molecule has 6 heteroatoms. The molecule has 0 spiro atoms. The second-order valence-electron chi connectivity index (χ2n) is 7.64. The fourth-order valence-electron chi connectivity index (χ4n) is 3.48. The highest BCUT2D eigenvalue weighted by Gasteiger charge is 2.47. The lowest BCUT2D eigenvalue weighted by Gasteiger charge is -2.41. The minimum atomic E-state index is -2.08. The van der Waals surface area contributed by atoms with Gasteiger partial charge in [0.1, 0.15) is 24.4 Å². The third-order valence-electron chi connectivity index (χ3n) is 5.20. The summed E-state index contributed by atoms with van der Waals surface area (Å²) < 4.78 is 62.6. The van der Waals surface area contributed by atoms with Gasteiger partial charge in [-0.25, -0.2) is 4.39 Å². The maximum atomic E-state index is 15.1. The van der Waals surface area contributed by atoms with Gasteiger partial charge in [0.2, 0.25) is 6.36 Å². The molecule has 1 fully saturated rings. The van der Waals surface area contributed by atoms with Crippen LogP contribution in [0.4, 0.5) is 4.39 Å². The predicted octanol–water partition coefficient (Wildman–Crippen LogP) is 4.43. The van der Waals surface area contributed by atoms with Crippen LogP contribution in [-0.4, -0.2) is 42.5 Å². The Balaban J connectivity index is 1.50. The Labute approximate surface area is 197 Å². The molecule has 0 bridgehead atoms. The van der Waals surface area contributed by atoms with Gasteiger partial charge in [-0.15, -0.1) is 0 Å². The highest BCUT2D eigenvalue weighted by molar-refractivity contribution is 5.15. The zero-order chi connectivity index (χ0) is 25.5. The van der Waals surface area contributed by atoms with Crippen molar-refractivity contribution in [1.82, 2.24) is 0 Å². The maximum absolute atomic E-state index is 15.1. The molecular formula is C27H29FO5. The van der Waals surface area contributed by atoms with Gasteiger partial charge in [0.15, 0.2) is 0 Å². The molecule has 1 saturated heterocycles. The summed E-state index contributed by atoms with van der Waals surface area (Å²) in [6.07, 6.45) is -7.50. The van der Waals surface area contributed by atoms with Gasteiger partial charge in [0, 0.05) is 0 Å². The van der Waals surface area contributed by atoms with Gasteiger partial charge in [-0.05, 0) is 16.7 Å². The summed E-state index contributed by atoms with van der Waals surface area (Å²) in [6, 6.07) is 26.2. The molecule has 0 aromatic heterocycles. The third-order valence-corrected chi connectivity index (χ3v) is 5.20. The first kappa shape index (κ1) is 19.8. The summed E-state index contributed by atoms with van der Waals surface area (Å²) in [7, 11) is 0. The smallest absolute Gasteiger partial charge is 0.228 e. The number of halogens is 1. The van der Waals surface area contributed by atoms with Crippen molar-refractivity contribution in [2.45, 2.75) is 50.5 Å². The van der Waals surface area contributed by atoms with Crippen molar-refractivity contribution in [3.8, 4) is 0 Å². The molecule has 8 atom stereocenters. The van der Waals surface area contributed by atoms with E-state index in [1.54, 1.807) is 84.9 Å². The van der Waals surface area contributed by atoms with Gasteiger partial charge in [0.25, 0.3) is 0 Å². The van der Waals surface area contributed by atoms with E-state index in [0.717, 1.165) is 0 Å². The lowest BCUT2D eigenvalue weighted by molar-refractivity contribution is -0.288. The summed E-state index contributed by atoms with van der Waals surface area (Å²) in [5.41, 5.74) is 1.63. The number of benzene rings is 3. The molecule has 3 aromatic carbocycles. The third kappa shape index (κ3) is 6.69. The van der Waals surface area contributed by atoms with Crippen molar-refractivity contribution in [2.24, 2.45) is 0 Å². The average molecular weight is 456 g/mol. The first-order valence-electron chi connectivity index (χ1n) is 12.5. The molecule has 0 amide bonds. The quantitative estimate of drug-likeness (QED) is 0.490. The van der Waals surface area contributed by atoms with Crippen LogP contribution in [0.3, 0.4) is 0 Å². The van der Waals surface area contributed by atoms with E-state index in [2.05, 4.69) is 0 Å². The average Bonchev–Trinajstić information content (AvgIpc) is 2.92. The van der Waals surface area contributed by atoms with E-state index in [4.69, 9.17) is 23.1 Å². The van der Waals surface area contributed by atoms with Gasteiger partial charge < -0.3 is 24.1 Å². The number of alkyl halides is 1. The van der Waals surface area contributed by atoms with E-state index in [0.29, 0.717) is 16.7 Å². The molecule has 3 aromatic rings. The molecule has 0 radical (unpaired) electrons. The minimum absolute atomic E-state index is 0.261. The van der Waals surface area contributed by atoms with Gasteiger partial charge in [-0.2, -0.15) is 0 Å².